The van der Waals surface area contributed by atoms with Gasteiger partial charge in [0.2, 0.25) is 0 Å². The van der Waals surface area contributed by atoms with E-state index in [0.29, 0.717) is 0 Å². The molecule has 0 fully saturated rings. The lowest BCUT2D eigenvalue weighted by Gasteiger charge is -1.85. The van der Waals surface area contributed by atoms with Gasteiger partial charge in [0.25, 0.3) is 0 Å². The average molecular weight is 158 g/mol. The highest BCUT2D eigenvalue weighted by molar-refractivity contribution is 5.65. The summed E-state index contributed by atoms with van der Waals surface area (Å²) >= 11 is 0. The smallest absolute Gasteiger partial charge is 0.0681 e. The van der Waals surface area contributed by atoms with Crippen molar-refractivity contribution in [2.75, 3.05) is 0 Å². The van der Waals surface area contributed by atoms with Crippen molar-refractivity contribution in [3.05, 3.63) is 48.0 Å². The fourth-order valence-corrected chi connectivity index (χ4v) is 1.31. The minimum absolute atomic E-state index is 0.108. The summed E-state index contributed by atoms with van der Waals surface area (Å²) in [5.74, 6) is 0. The number of hydrogen-bond acceptors (Lipinski definition) is 1. The zero-order valence-corrected chi connectivity index (χ0v) is 6.70. The Morgan fingerprint density at radius 2 is 1.42 bits per heavy atom. The molecular formula is C11H10O. The lowest BCUT2D eigenvalue weighted by Crippen LogP contribution is -1.75. The topological polar surface area (TPSA) is 20.2 Å². The lowest BCUT2D eigenvalue weighted by molar-refractivity contribution is 0.282. The fourth-order valence-electron chi connectivity index (χ4n) is 1.31. The first-order valence-electron chi connectivity index (χ1n) is 3.99. The average Bonchev–Trinajstić information content (AvgIpc) is 2.46. The third-order valence-electron chi connectivity index (χ3n) is 2.02. The van der Waals surface area contributed by atoms with Gasteiger partial charge in [-0.3, -0.25) is 0 Å². The van der Waals surface area contributed by atoms with Crippen molar-refractivity contribution in [1.82, 2.24) is 0 Å². The largest absolute Gasteiger partial charge is 0.392 e. The fraction of sp³-hybridized carbons (Fsp3) is 0.0909. The van der Waals surface area contributed by atoms with E-state index in [-0.39, 0.29) is 6.61 Å². The second kappa shape index (κ2) is 2.95. The summed E-state index contributed by atoms with van der Waals surface area (Å²) in [5, 5.41) is 8.89. The normalized spacial score (nSPS) is 10.4. The molecule has 0 aromatic rings. The van der Waals surface area contributed by atoms with Gasteiger partial charge in [-0.25, -0.2) is 0 Å². The summed E-state index contributed by atoms with van der Waals surface area (Å²) < 4.78 is 0. The summed E-state index contributed by atoms with van der Waals surface area (Å²) in [5.41, 5.74) is 3.38. The Kier molecular flexibility index (Phi) is 1.80. The van der Waals surface area contributed by atoms with Crippen LogP contribution in [0.15, 0.2) is 42.5 Å². The van der Waals surface area contributed by atoms with Gasteiger partial charge in [-0.2, -0.15) is 0 Å². The van der Waals surface area contributed by atoms with Gasteiger partial charge in [-0.15, -0.1) is 0 Å². The molecule has 60 valence electrons. The van der Waals surface area contributed by atoms with Gasteiger partial charge in [-0.05, 0) is 16.7 Å². The van der Waals surface area contributed by atoms with E-state index in [2.05, 4.69) is 12.1 Å². The quantitative estimate of drug-likeness (QED) is 0.675. The first kappa shape index (κ1) is 7.32. The molecule has 0 saturated carbocycles. The van der Waals surface area contributed by atoms with Gasteiger partial charge >= 0.3 is 0 Å². The highest BCUT2D eigenvalue weighted by atomic mass is 16.3. The van der Waals surface area contributed by atoms with Gasteiger partial charge in [0.05, 0.1) is 6.61 Å². The van der Waals surface area contributed by atoms with Crippen molar-refractivity contribution in [3.8, 4) is 11.1 Å². The molecule has 0 spiro atoms. The Morgan fingerprint density at radius 3 is 1.92 bits per heavy atom. The lowest BCUT2D eigenvalue weighted by atomic mass is 10.2. The van der Waals surface area contributed by atoms with Crippen LogP contribution in [0.1, 0.15) is 5.56 Å². The molecule has 1 heteroatoms. The standard InChI is InChI=1S/C11H10O/c12-8-9-4-6-10-2-1-3-11(10)7-5-9/h1-7,12H,8H2. The van der Waals surface area contributed by atoms with Crippen LogP contribution < -0.4 is 0 Å². The molecule has 2 aliphatic rings. The Labute approximate surface area is 71.6 Å². The van der Waals surface area contributed by atoms with Gasteiger partial charge in [-0.1, -0.05) is 42.5 Å². The van der Waals surface area contributed by atoms with Gasteiger partial charge in [0.1, 0.15) is 0 Å². The van der Waals surface area contributed by atoms with Crippen molar-refractivity contribution >= 4 is 0 Å². The number of aliphatic hydroxyl groups is 1. The molecule has 0 bridgehead atoms. The van der Waals surface area contributed by atoms with Crippen LogP contribution in [0.4, 0.5) is 0 Å². The van der Waals surface area contributed by atoms with Crippen molar-refractivity contribution < 1.29 is 5.11 Å². The number of fused-ring (bicyclic) bond motifs is 1. The number of rotatable bonds is 1. The summed E-state index contributed by atoms with van der Waals surface area (Å²) in [6, 6.07) is 14.1. The van der Waals surface area contributed by atoms with Crippen molar-refractivity contribution in [1.29, 1.82) is 0 Å². The molecule has 0 aromatic heterocycles. The van der Waals surface area contributed by atoms with E-state index in [9.17, 15) is 0 Å². The molecule has 0 atom stereocenters. The van der Waals surface area contributed by atoms with E-state index in [0.717, 1.165) is 5.56 Å². The third kappa shape index (κ3) is 1.19. The Bertz CT molecular complexity index is 323. The number of hydrogen-bond donors (Lipinski definition) is 1. The van der Waals surface area contributed by atoms with Crippen molar-refractivity contribution in [3.63, 3.8) is 0 Å². The van der Waals surface area contributed by atoms with Crippen molar-refractivity contribution in [2.24, 2.45) is 0 Å². The molecular weight excluding hydrogens is 148 g/mol. The summed E-state index contributed by atoms with van der Waals surface area (Å²) in [7, 11) is 0. The van der Waals surface area contributed by atoms with Crippen LogP contribution >= 0.6 is 0 Å². The minimum atomic E-state index is 0.108. The van der Waals surface area contributed by atoms with Crippen LogP contribution in [-0.2, 0) is 6.61 Å². The molecule has 2 rings (SSSR count). The predicted molar refractivity (Wildman–Crippen MR) is 49.0 cm³/mol. The summed E-state index contributed by atoms with van der Waals surface area (Å²) in [6.07, 6.45) is 0. The SMILES string of the molecule is OCc1ccc2cccc-2cc1. The van der Waals surface area contributed by atoms with E-state index in [1.807, 2.05) is 30.3 Å². The van der Waals surface area contributed by atoms with E-state index >= 15 is 0 Å². The number of aliphatic hydroxyl groups excluding tert-OH is 1. The molecule has 2 aliphatic carbocycles. The molecule has 12 heavy (non-hydrogen) atoms. The third-order valence-corrected chi connectivity index (χ3v) is 2.02. The maximum Gasteiger partial charge on any atom is 0.0681 e. The highest BCUT2D eigenvalue weighted by Gasteiger charge is 1.97. The van der Waals surface area contributed by atoms with Gasteiger partial charge in [0.15, 0.2) is 0 Å². The molecule has 0 aromatic carbocycles. The van der Waals surface area contributed by atoms with Crippen LogP contribution in [0.5, 0.6) is 0 Å². The van der Waals surface area contributed by atoms with Crippen molar-refractivity contribution in [2.45, 2.75) is 6.61 Å². The molecule has 1 nitrogen and oxygen atoms in total. The Balaban J connectivity index is 2.58. The minimum Gasteiger partial charge on any atom is -0.392 e. The van der Waals surface area contributed by atoms with Crippen LogP contribution in [-0.4, -0.2) is 5.11 Å². The zero-order chi connectivity index (χ0) is 8.39. The molecule has 1 N–H and O–H groups in total. The molecule has 0 unspecified atom stereocenters. The Morgan fingerprint density at radius 1 is 0.833 bits per heavy atom. The second-order valence-corrected chi connectivity index (χ2v) is 2.84. The summed E-state index contributed by atoms with van der Waals surface area (Å²) in [6.45, 7) is 0.108. The first-order chi connectivity index (χ1) is 5.90. The molecule has 0 heterocycles. The highest BCUT2D eigenvalue weighted by Crippen LogP contribution is 2.21. The van der Waals surface area contributed by atoms with E-state index in [4.69, 9.17) is 5.11 Å². The van der Waals surface area contributed by atoms with Crippen LogP contribution in [0, 0.1) is 0 Å². The molecule has 0 aliphatic heterocycles. The monoisotopic (exact) mass is 158 g/mol. The van der Waals surface area contributed by atoms with Crippen LogP contribution in [0.25, 0.3) is 11.1 Å². The predicted octanol–water partition coefficient (Wildman–Crippen LogP) is 2.28. The molecule has 0 saturated heterocycles. The second-order valence-electron chi connectivity index (χ2n) is 2.84. The van der Waals surface area contributed by atoms with Crippen LogP contribution in [0.3, 0.4) is 0 Å². The van der Waals surface area contributed by atoms with E-state index < -0.39 is 0 Å². The Hall–Kier alpha value is -1.34. The molecule has 0 amide bonds. The van der Waals surface area contributed by atoms with Gasteiger partial charge < -0.3 is 5.11 Å². The molecule has 0 radical (unpaired) electrons. The van der Waals surface area contributed by atoms with Crippen LogP contribution in [0.2, 0.25) is 0 Å². The maximum atomic E-state index is 8.89. The summed E-state index contributed by atoms with van der Waals surface area (Å²) in [4.78, 5) is 0. The zero-order valence-electron chi connectivity index (χ0n) is 6.70. The first-order valence-corrected chi connectivity index (χ1v) is 3.99. The maximum absolute atomic E-state index is 8.89. The van der Waals surface area contributed by atoms with E-state index in [1.54, 1.807) is 0 Å². The van der Waals surface area contributed by atoms with Gasteiger partial charge in [0, 0.05) is 0 Å². The van der Waals surface area contributed by atoms with E-state index in [1.165, 1.54) is 11.1 Å².